The summed E-state index contributed by atoms with van der Waals surface area (Å²) in [5.74, 6) is -0.615. The molecule has 1 aliphatic rings. The summed E-state index contributed by atoms with van der Waals surface area (Å²) in [5.41, 5.74) is 3.54. The summed E-state index contributed by atoms with van der Waals surface area (Å²) in [4.78, 5) is 37.8. The minimum absolute atomic E-state index is 0.182. The lowest BCUT2D eigenvalue weighted by atomic mass is 9.84. The number of carbonyl (C=O) groups excluding carboxylic acids is 3. The highest BCUT2D eigenvalue weighted by Crippen LogP contribution is 2.30. The molecular weight excluding hydrogens is 382 g/mol. The van der Waals surface area contributed by atoms with E-state index < -0.39 is 0 Å². The van der Waals surface area contributed by atoms with Crippen molar-refractivity contribution in [2.45, 2.75) is 16.5 Å². The van der Waals surface area contributed by atoms with Crippen LogP contribution in [0, 0.1) is 0 Å². The van der Waals surface area contributed by atoms with Crippen molar-refractivity contribution in [3.8, 4) is 0 Å². The highest BCUT2D eigenvalue weighted by Gasteiger charge is 2.29. The van der Waals surface area contributed by atoms with E-state index in [0.29, 0.717) is 32.3 Å². The van der Waals surface area contributed by atoms with Gasteiger partial charge in [0, 0.05) is 27.9 Å². The van der Waals surface area contributed by atoms with E-state index in [-0.39, 0.29) is 22.7 Å². The summed E-state index contributed by atoms with van der Waals surface area (Å²) in [5, 5.41) is 10.1. The summed E-state index contributed by atoms with van der Waals surface area (Å²) < 4.78 is 0.709. The van der Waals surface area contributed by atoms with Crippen molar-refractivity contribution in [2.24, 2.45) is 0 Å². The molecule has 1 aliphatic carbocycles. The summed E-state index contributed by atoms with van der Waals surface area (Å²) in [6.07, 6.45) is 0. The monoisotopic (exact) mass is 395 g/mol. The second kappa shape index (κ2) is 7.05. The third-order valence-electron chi connectivity index (χ3n) is 4.18. The largest absolute Gasteiger partial charge is 0.325 e. The van der Waals surface area contributed by atoms with Gasteiger partial charge in [0.1, 0.15) is 5.51 Å². The van der Waals surface area contributed by atoms with Crippen molar-refractivity contribution in [2.75, 3.05) is 5.32 Å². The normalized spacial score (nSPS) is 13.7. The molecule has 1 aromatic heterocycles. The maximum Gasteiger partial charge on any atom is 0.237 e. The van der Waals surface area contributed by atoms with Gasteiger partial charge in [0.2, 0.25) is 5.91 Å². The van der Waals surface area contributed by atoms with Gasteiger partial charge in [0.15, 0.2) is 15.9 Å². The molecule has 1 heterocycles. The van der Waals surface area contributed by atoms with Crippen LogP contribution in [0.15, 0.2) is 52.3 Å². The molecule has 1 unspecified atom stereocenters. The molecule has 4 rings (SSSR count). The van der Waals surface area contributed by atoms with Gasteiger partial charge in [-0.25, -0.2) is 0 Å². The Bertz CT molecular complexity index is 1060. The van der Waals surface area contributed by atoms with Crippen LogP contribution in [0.5, 0.6) is 0 Å². The van der Waals surface area contributed by atoms with Crippen LogP contribution < -0.4 is 5.32 Å². The Morgan fingerprint density at radius 1 is 1.04 bits per heavy atom. The molecular formula is C19H13N3O3S2. The van der Waals surface area contributed by atoms with E-state index >= 15 is 0 Å². The third-order valence-corrected chi connectivity index (χ3v) is 6.09. The first-order chi connectivity index (χ1) is 13.0. The molecule has 0 saturated heterocycles. The van der Waals surface area contributed by atoms with Gasteiger partial charge >= 0.3 is 0 Å². The average molecular weight is 395 g/mol. The van der Waals surface area contributed by atoms with Crippen LogP contribution in [0.1, 0.15) is 38.8 Å². The Morgan fingerprint density at radius 3 is 2.37 bits per heavy atom. The van der Waals surface area contributed by atoms with Crippen LogP contribution in [-0.2, 0) is 4.79 Å². The van der Waals surface area contributed by atoms with Crippen LogP contribution in [-0.4, -0.2) is 32.9 Å². The van der Waals surface area contributed by atoms with Crippen LogP contribution >= 0.6 is 23.1 Å². The average Bonchev–Trinajstić information content (AvgIpc) is 3.19. The molecule has 1 N–H and O–H groups in total. The molecule has 1 atom stereocenters. The van der Waals surface area contributed by atoms with Crippen LogP contribution in [0.4, 0.5) is 5.69 Å². The number of carbonyl (C=O) groups is 3. The molecule has 8 heteroatoms. The fourth-order valence-corrected chi connectivity index (χ4v) is 4.47. The topological polar surface area (TPSA) is 89.0 Å². The number of amides is 1. The number of anilines is 1. The van der Waals surface area contributed by atoms with Crippen LogP contribution in [0.3, 0.4) is 0 Å². The lowest BCUT2D eigenvalue weighted by molar-refractivity contribution is -0.115. The van der Waals surface area contributed by atoms with E-state index in [4.69, 9.17) is 0 Å². The lowest BCUT2D eigenvalue weighted by Crippen LogP contribution is -2.24. The molecule has 2 aromatic carbocycles. The number of nitrogens with one attached hydrogen (secondary N) is 1. The number of thioether (sulfide) groups is 1. The van der Waals surface area contributed by atoms with E-state index in [1.165, 1.54) is 23.1 Å². The second-order valence-electron chi connectivity index (χ2n) is 5.92. The van der Waals surface area contributed by atoms with Gasteiger partial charge in [-0.1, -0.05) is 47.4 Å². The molecule has 27 heavy (non-hydrogen) atoms. The number of benzene rings is 2. The van der Waals surface area contributed by atoms with Gasteiger partial charge in [-0.15, -0.1) is 10.2 Å². The highest BCUT2D eigenvalue weighted by molar-refractivity contribution is 8.02. The highest BCUT2D eigenvalue weighted by atomic mass is 32.2. The first kappa shape index (κ1) is 17.6. The van der Waals surface area contributed by atoms with Gasteiger partial charge in [-0.05, 0) is 25.1 Å². The van der Waals surface area contributed by atoms with Crippen LogP contribution in [0.25, 0.3) is 0 Å². The quantitative estimate of drug-likeness (QED) is 0.533. The molecule has 0 fully saturated rings. The van der Waals surface area contributed by atoms with Gasteiger partial charge in [-0.3, -0.25) is 14.4 Å². The Balaban J connectivity index is 1.57. The van der Waals surface area contributed by atoms with Crippen molar-refractivity contribution < 1.29 is 14.4 Å². The minimum Gasteiger partial charge on any atom is -0.325 e. The predicted octanol–water partition coefficient (Wildman–Crippen LogP) is 3.43. The number of rotatable bonds is 4. The molecule has 0 aliphatic heterocycles. The zero-order valence-corrected chi connectivity index (χ0v) is 15.8. The standard InChI is InChI=1S/C19H13N3O3S2/c1-10(27-19-22-20-9-26-19)18(25)21-11-6-7-14-15(8-11)17(24)13-5-3-2-4-12(13)16(14)23/h2-10H,1H3,(H,21,25). The predicted molar refractivity (Wildman–Crippen MR) is 104 cm³/mol. The maximum atomic E-state index is 12.8. The fourth-order valence-electron chi connectivity index (χ4n) is 2.84. The van der Waals surface area contributed by atoms with E-state index in [2.05, 4.69) is 15.5 Å². The Kier molecular flexibility index (Phi) is 4.59. The molecule has 1 amide bonds. The zero-order chi connectivity index (χ0) is 19.0. The van der Waals surface area contributed by atoms with Crippen molar-refractivity contribution >= 4 is 46.3 Å². The van der Waals surface area contributed by atoms with Gasteiger partial charge < -0.3 is 5.32 Å². The fraction of sp³-hybridized carbons (Fsp3) is 0.105. The zero-order valence-electron chi connectivity index (χ0n) is 14.1. The van der Waals surface area contributed by atoms with E-state index in [9.17, 15) is 14.4 Å². The number of ketones is 2. The number of fused-ring (bicyclic) bond motifs is 2. The summed E-state index contributed by atoms with van der Waals surface area (Å²) >= 11 is 2.68. The van der Waals surface area contributed by atoms with Gasteiger partial charge in [-0.2, -0.15) is 0 Å². The SMILES string of the molecule is CC(Sc1nncs1)C(=O)Nc1ccc2c(c1)C(=O)c1ccccc1C2=O. The molecule has 134 valence electrons. The number of aromatic nitrogens is 2. The van der Waals surface area contributed by atoms with Crippen LogP contribution in [0.2, 0.25) is 0 Å². The number of nitrogens with zero attached hydrogens (tertiary/aromatic N) is 2. The summed E-state index contributed by atoms with van der Waals surface area (Å²) in [6.45, 7) is 1.77. The molecule has 0 saturated carbocycles. The van der Waals surface area contributed by atoms with Crippen molar-refractivity contribution in [3.63, 3.8) is 0 Å². The first-order valence-corrected chi connectivity index (χ1v) is 9.86. The number of hydrogen-bond acceptors (Lipinski definition) is 7. The molecule has 0 spiro atoms. The molecule has 6 nitrogen and oxygen atoms in total. The second-order valence-corrected chi connectivity index (χ2v) is 8.34. The summed E-state index contributed by atoms with van der Waals surface area (Å²) in [6, 6.07) is 11.5. The van der Waals surface area contributed by atoms with Gasteiger partial charge in [0.05, 0.1) is 5.25 Å². The Labute approximate surface area is 163 Å². The lowest BCUT2D eigenvalue weighted by Gasteiger charge is -2.18. The van der Waals surface area contributed by atoms with Crippen molar-refractivity contribution in [1.29, 1.82) is 0 Å². The van der Waals surface area contributed by atoms with E-state index in [1.54, 1.807) is 54.9 Å². The Hall–Kier alpha value is -2.84. The molecule has 0 bridgehead atoms. The van der Waals surface area contributed by atoms with E-state index in [0.717, 1.165) is 0 Å². The van der Waals surface area contributed by atoms with E-state index in [1.807, 2.05) is 0 Å². The Morgan fingerprint density at radius 2 is 1.70 bits per heavy atom. The summed E-state index contributed by atoms with van der Waals surface area (Å²) in [7, 11) is 0. The third kappa shape index (κ3) is 3.29. The first-order valence-electron chi connectivity index (χ1n) is 8.11. The van der Waals surface area contributed by atoms with Crippen molar-refractivity contribution in [1.82, 2.24) is 10.2 Å². The molecule has 0 radical (unpaired) electrons. The van der Waals surface area contributed by atoms with Crippen molar-refractivity contribution in [3.05, 3.63) is 70.2 Å². The van der Waals surface area contributed by atoms with Gasteiger partial charge in [0.25, 0.3) is 0 Å². The number of hydrogen-bond donors (Lipinski definition) is 1. The maximum absolute atomic E-state index is 12.8. The smallest absolute Gasteiger partial charge is 0.237 e. The molecule has 3 aromatic rings. The minimum atomic E-state index is -0.382.